The van der Waals surface area contributed by atoms with Gasteiger partial charge in [0.25, 0.3) is 5.69 Å². The molecule has 0 bridgehead atoms. The normalized spacial score (nSPS) is 12.1. The predicted molar refractivity (Wildman–Crippen MR) is 89.6 cm³/mol. The van der Waals surface area contributed by atoms with Crippen LogP contribution in [-0.2, 0) is 0 Å². The summed E-state index contributed by atoms with van der Waals surface area (Å²) < 4.78 is 2.63. The van der Waals surface area contributed by atoms with E-state index in [-0.39, 0.29) is 11.7 Å². The van der Waals surface area contributed by atoms with Gasteiger partial charge in [-0.15, -0.1) is 5.10 Å². The number of quaternary nitrogens is 1. The molecule has 0 saturated heterocycles. The molecule has 1 aromatic heterocycles. The maximum Gasteiger partial charge on any atom is 0.269 e. The first-order chi connectivity index (χ1) is 11.6. The molecule has 0 aliphatic carbocycles. The number of tetrazole rings is 1. The van der Waals surface area contributed by atoms with E-state index in [1.54, 1.807) is 16.8 Å². The zero-order valence-corrected chi connectivity index (χ0v) is 14.3. The number of nitrogens with zero attached hydrogens (tertiary/aromatic N) is 5. The van der Waals surface area contributed by atoms with E-state index in [1.807, 2.05) is 36.6 Å². The van der Waals surface area contributed by atoms with Gasteiger partial charge < -0.3 is 5.32 Å². The molecule has 2 N–H and O–H groups in total. The summed E-state index contributed by atoms with van der Waals surface area (Å²) >= 11 is 3.40. The minimum atomic E-state index is -0.416. The lowest BCUT2D eigenvalue weighted by atomic mass is 10.1. The van der Waals surface area contributed by atoms with Gasteiger partial charge in [-0.1, -0.05) is 15.9 Å². The minimum Gasteiger partial charge on any atom is -0.336 e. The molecule has 3 rings (SSSR count). The molecule has 1 atom stereocenters. The summed E-state index contributed by atoms with van der Waals surface area (Å²) in [6.45, 7) is 0. The van der Waals surface area contributed by atoms with Crippen molar-refractivity contribution in [1.82, 2.24) is 20.2 Å². The molecule has 0 radical (unpaired) electrons. The molecule has 0 fully saturated rings. The van der Waals surface area contributed by atoms with Gasteiger partial charge >= 0.3 is 0 Å². The fourth-order valence-electron chi connectivity index (χ4n) is 2.45. The summed E-state index contributed by atoms with van der Waals surface area (Å²) in [6, 6.07) is 13.9. The minimum absolute atomic E-state index is 0.0566. The highest BCUT2D eigenvalue weighted by molar-refractivity contribution is 9.10. The number of hydrogen-bond acceptors (Lipinski definition) is 5. The number of nitro groups is 1. The summed E-state index contributed by atoms with van der Waals surface area (Å²) in [6.07, 6.45) is 0. The highest BCUT2D eigenvalue weighted by Gasteiger charge is 2.24. The second-order valence-corrected chi connectivity index (χ2v) is 6.00. The van der Waals surface area contributed by atoms with Gasteiger partial charge in [-0.2, -0.15) is 4.68 Å². The molecule has 3 aromatic rings. The largest absolute Gasteiger partial charge is 0.336 e. The van der Waals surface area contributed by atoms with Gasteiger partial charge in [0.2, 0.25) is 5.82 Å². The number of rotatable bonds is 5. The molecule has 1 heterocycles. The Morgan fingerprint density at radius 3 is 2.42 bits per heavy atom. The average molecular weight is 390 g/mol. The molecule has 2 aromatic carbocycles. The maximum absolute atomic E-state index is 10.8. The molecule has 24 heavy (non-hydrogen) atoms. The third-order valence-electron chi connectivity index (χ3n) is 3.64. The second kappa shape index (κ2) is 6.85. The fraction of sp³-hybridized carbons (Fsp3) is 0.133. The highest BCUT2D eigenvalue weighted by atomic mass is 79.9. The number of benzene rings is 2. The van der Waals surface area contributed by atoms with Crippen molar-refractivity contribution in [2.24, 2.45) is 0 Å². The molecule has 0 spiro atoms. The molecule has 0 saturated carbocycles. The zero-order chi connectivity index (χ0) is 17.1. The van der Waals surface area contributed by atoms with E-state index in [9.17, 15) is 10.1 Å². The number of hydrogen-bond donors (Lipinski definition) is 1. The lowest BCUT2D eigenvalue weighted by molar-refractivity contribution is -0.662. The number of non-ortho nitro benzene ring substituents is 1. The van der Waals surface area contributed by atoms with Crippen molar-refractivity contribution in [2.45, 2.75) is 6.04 Å². The van der Waals surface area contributed by atoms with Gasteiger partial charge in [0, 0.05) is 22.2 Å². The lowest BCUT2D eigenvalue weighted by Gasteiger charge is -2.13. The molecular weight excluding hydrogens is 376 g/mol. The SMILES string of the molecule is C[NH2+][C@@H](c1ccc([N+](=O)[O-])cc1)c1nnnn1-c1ccc(Br)cc1. The molecule has 9 heteroatoms. The molecule has 8 nitrogen and oxygen atoms in total. The Hall–Kier alpha value is -2.65. The first-order valence-corrected chi connectivity index (χ1v) is 7.97. The van der Waals surface area contributed by atoms with Crippen LogP contribution in [0, 0.1) is 10.1 Å². The van der Waals surface area contributed by atoms with Gasteiger partial charge in [0.15, 0.2) is 6.04 Å². The Kier molecular flexibility index (Phi) is 4.63. The standard InChI is InChI=1S/C15H13BrN6O2/c1-17-14(10-2-6-13(7-3-10)22(23)24)15-18-19-20-21(15)12-8-4-11(16)5-9-12/h2-9,14,17H,1H3/p+1/t14-/m0/s1. The van der Waals surface area contributed by atoms with E-state index in [4.69, 9.17) is 0 Å². The van der Waals surface area contributed by atoms with Gasteiger partial charge in [0.05, 0.1) is 17.7 Å². The summed E-state index contributed by atoms with van der Waals surface area (Å²) in [5.74, 6) is 0.647. The first kappa shape index (κ1) is 16.2. The van der Waals surface area contributed by atoms with Crippen LogP contribution in [0.25, 0.3) is 5.69 Å². The monoisotopic (exact) mass is 389 g/mol. The van der Waals surface area contributed by atoms with Gasteiger partial charge in [-0.05, 0) is 46.8 Å². The number of halogens is 1. The van der Waals surface area contributed by atoms with Crippen molar-refractivity contribution < 1.29 is 10.2 Å². The van der Waals surface area contributed by atoms with Gasteiger partial charge in [-0.3, -0.25) is 10.1 Å². The smallest absolute Gasteiger partial charge is 0.269 e. The quantitative estimate of drug-likeness (QED) is 0.527. The average Bonchev–Trinajstić information content (AvgIpc) is 3.06. The van der Waals surface area contributed by atoms with E-state index >= 15 is 0 Å². The number of nitrogens with two attached hydrogens (primary N) is 1. The van der Waals surface area contributed by atoms with Crippen LogP contribution in [0.15, 0.2) is 53.0 Å². The summed E-state index contributed by atoms with van der Waals surface area (Å²) in [7, 11) is 1.91. The van der Waals surface area contributed by atoms with E-state index in [1.165, 1.54) is 12.1 Å². The van der Waals surface area contributed by atoms with Crippen LogP contribution < -0.4 is 5.32 Å². The first-order valence-electron chi connectivity index (χ1n) is 7.18. The summed E-state index contributed by atoms with van der Waals surface area (Å²) in [5, 5.41) is 24.8. The molecule has 0 aliphatic rings. The Labute approximate surface area is 145 Å². The van der Waals surface area contributed by atoms with Crippen LogP contribution >= 0.6 is 15.9 Å². The van der Waals surface area contributed by atoms with Crippen LogP contribution in [0.4, 0.5) is 5.69 Å². The van der Waals surface area contributed by atoms with Crippen LogP contribution in [0.5, 0.6) is 0 Å². The summed E-state index contributed by atoms with van der Waals surface area (Å²) in [5.41, 5.74) is 1.78. The molecule has 0 amide bonds. The van der Waals surface area contributed by atoms with Crippen molar-refractivity contribution in [3.8, 4) is 5.69 Å². The maximum atomic E-state index is 10.8. The Balaban J connectivity index is 1.99. The number of aromatic nitrogens is 4. The van der Waals surface area contributed by atoms with E-state index < -0.39 is 4.92 Å². The highest BCUT2D eigenvalue weighted by Crippen LogP contribution is 2.22. The van der Waals surface area contributed by atoms with Crippen molar-refractivity contribution in [2.75, 3.05) is 7.05 Å². The molecular formula is C15H14BrN6O2+. The Morgan fingerprint density at radius 2 is 1.83 bits per heavy atom. The van der Waals surface area contributed by atoms with Gasteiger partial charge in [-0.25, -0.2) is 0 Å². The third-order valence-corrected chi connectivity index (χ3v) is 4.17. The van der Waals surface area contributed by atoms with E-state index in [0.29, 0.717) is 5.82 Å². The Morgan fingerprint density at radius 1 is 1.17 bits per heavy atom. The van der Waals surface area contributed by atoms with Crippen molar-refractivity contribution in [3.05, 3.63) is 74.5 Å². The van der Waals surface area contributed by atoms with Crippen LogP contribution in [-0.4, -0.2) is 32.2 Å². The van der Waals surface area contributed by atoms with E-state index in [0.717, 1.165) is 15.7 Å². The molecule has 0 unspecified atom stereocenters. The van der Waals surface area contributed by atoms with Crippen LogP contribution in [0.2, 0.25) is 0 Å². The lowest BCUT2D eigenvalue weighted by Crippen LogP contribution is -2.81. The van der Waals surface area contributed by atoms with Crippen molar-refractivity contribution >= 4 is 21.6 Å². The van der Waals surface area contributed by atoms with E-state index in [2.05, 4.69) is 31.5 Å². The second-order valence-electron chi connectivity index (χ2n) is 5.08. The van der Waals surface area contributed by atoms with Crippen molar-refractivity contribution in [1.29, 1.82) is 0 Å². The Bertz CT molecular complexity index is 847. The number of nitro benzene ring substituents is 1. The van der Waals surface area contributed by atoms with Gasteiger partial charge in [0.1, 0.15) is 0 Å². The third kappa shape index (κ3) is 3.17. The molecule has 0 aliphatic heterocycles. The van der Waals surface area contributed by atoms with Crippen LogP contribution in [0.1, 0.15) is 17.4 Å². The topological polar surface area (TPSA) is 103 Å². The zero-order valence-electron chi connectivity index (χ0n) is 12.7. The predicted octanol–water partition coefficient (Wildman–Crippen LogP) is 1.62. The summed E-state index contributed by atoms with van der Waals surface area (Å²) in [4.78, 5) is 10.4. The van der Waals surface area contributed by atoms with Crippen LogP contribution in [0.3, 0.4) is 0 Å². The molecule has 122 valence electrons. The fourth-order valence-corrected chi connectivity index (χ4v) is 2.71. The van der Waals surface area contributed by atoms with Crippen molar-refractivity contribution in [3.63, 3.8) is 0 Å².